The summed E-state index contributed by atoms with van der Waals surface area (Å²) in [6, 6.07) is 13.2. The molecule has 0 amide bonds. The zero-order valence-corrected chi connectivity index (χ0v) is 14.6. The van der Waals surface area contributed by atoms with Crippen LogP contribution in [0.3, 0.4) is 0 Å². The van der Waals surface area contributed by atoms with Gasteiger partial charge in [-0.25, -0.2) is 4.98 Å². The molecule has 0 aliphatic rings. The first-order valence-electron chi connectivity index (χ1n) is 8.24. The summed E-state index contributed by atoms with van der Waals surface area (Å²) in [4.78, 5) is 21.1. The van der Waals surface area contributed by atoms with E-state index in [1.54, 1.807) is 26.1 Å². The number of benzene rings is 1. The highest BCUT2D eigenvalue weighted by Gasteiger charge is 2.17. The van der Waals surface area contributed by atoms with Crippen LogP contribution in [0.1, 0.15) is 32.4 Å². The standard InChI is InChI=1S/C19H22N4O2/c1-13(14-7-5-4-6-8-14)21-18-20-11-15-9-10-16(24)23(17(15)22-18)12-19(2,3)25/h4-11,13,25H,12H2,1-3H3,(H,20,21,22). The molecule has 1 aromatic carbocycles. The minimum Gasteiger partial charge on any atom is -0.389 e. The molecule has 25 heavy (non-hydrogen) atoms. The smallest absolute Gasteiger partial charge is 0.252 e. The highest BCUT2D eigenvalue weighted by atomic mass is 16.3. The van der Waals surface area contributed by atoms with E-state index in [4.69, 9.17) is 0 Å². The van der Waals surface area contributed by atoms with Crippen LogP contribution in [0.2, 0.25) is 0 Å². The molecule has 130 valence electrons. The molecule has 1 unspecified atom stereocenters. The van der Waals surface area contributed by atoms with E-state index in [0.717, 1.165) is 10.9 Å². The molecule has 0 aliphatic carbocycles. The highest BCUT2D eigenvalue weighted by Crippen LogP contribution is 2.18. The lowest BCUT2D eigenvalue weighted by Crippen LogP contribution is -2.33. The maximum Gasteiger partial charge on any atom is 0.252 e. The monoisotopic (exact) mass is 338 g/mol. The number of pyridine rings is 1. The maximum atomic E-state index is 12.2. The third-order valence-electron chi connectivity index (χ3n) is 3.91. The fourth-order valence-corrected chi connectivity index (χ4v) is 2.70. The van der Waals surface area contributed by atoms with E-state index in [1.165, 1.54) is 10.6 Å². The van der Waals surface area contributed by atoms with E-state index in [9.17, 15) is 9.90 Å². The van der Waals surface area contributed by atoms with Gasteiger partial charge in [-0.2, -0.15) is 4.98 Å². The molecule has 0 spiro atoms. The van der Waals surface area contributed by atoms with Crippen LogP contribution < -0.4 is 10.9 Å². The quantitative estimate of drug-likeness (QED) is 0.748. The van der Waals surface area contributed by atoms with Gasteiger partial charge in [-0.15, -0.1) is 0 Å². The van der Waals surface area contributed by atoms with Gasteiger partial charge in [0.1, 0.15) is 5.65 Å². The van der Waals surface area contributed by atoms with Crippen molar-refractivity contribution in [2.75, 3.05) is 5.32 Å². The van der Waals surface area contributed by atoms with E-state index in [-0.39, 0.29) is 18.1 Å². The summed E-state index contributed by atoms with van der Waals surface area (Å²) in [6.45, 7) is 5.51. The summed E-state index contributed by atoms with van der Waals surface area (Å²) in [7, 11) is 0. The molecule has 1 atom stereocenters. The van der Waals surface area contributed by atoms with Crippen molar-refractivity contribution >= 4 is 17.0 Å². The third kappa shape index (κ3) is 4.03. The Balaban J connectivity index is 1.98. The maximum absolute atomic E-state index is 12.2. The molecule has 6 nitrogen and oxygen atoms in total. The summed E-state index contributed by atoms with van der Waals surface area (Å²) >= 11 is 0. The minimum absolute atomic E-state index is 0.0248. The first-order valence-corrected chi connectivity index (χ1v) is 8.24. The predicted octanol–water partition coefficient (Wildman–Crippen LogP) is 2.74. The molecule has 2 heterocycles. The molecule has 0 fully saturated rings. The van der Waals surface area contributed by atoms with Crippen molar-refractivity contribution in [3.05, 3.63) is 64.6 Å². The van der Waals surface area contributed by atoms with Gasteiger partial charge in [-0.05, 0) is 32.4 Å². The second kappa shape index (κ2) is 6.64. The van der Waals surface area contributed by atoms with Crippen LogP contribution in [0, 0.1) is 0 Å². The van der Waals surface area contributed by atoms with Gasteiger partial charge in [-0.1, -0.05) is 30.3 Å². The predicted molar refractivity (Wildman–Crippen MR) is 98.6 cm³/mol. The van der Waals surface area contributed by atoms with Crippen molar-refractivity contribution in [3.63, 3.8) is 0 Å². The van der Waals surface area contributed by atoms with Crippen LogP contribution in [0.15, 0.2) is 53.5 Å². The average Bonchev–Trinajstić information content (AvgIpc) is 2.57. The number of nitrogens with zero attached hydrogens (tertiary/aromatic N) is 3. The first-order chi connectivity index (χ1) is 11.8. The van der Waals surface area contributed by atoms with E-state index in [1.807, 2.05) is 37.3 Å². The van der Waals surface area contributed by atoms with Crippen molar-refractivity contribution in [1.82, 2.24) is 14.5 Å². The summed E-state index contributed by atoms with van der Waals surface area (Å²) in [5.41, 5.74) is 0.407. The number of aromatic nitrogens is 3. The molecule has 6 heteroatoms. The van der Waals surface area contributed by atoms with Crippen LogP contribution in [0.4, 0.5) is 5.95 Å². The van der Waals surface area contributed by atoms with E-state index in [2.05, 4.69) is 15.3 Å². The first kappa shape index (κ1) is 17.1. The van der Waals surface area contributed by atoms with Crippen molar-refractivity contribution in [1.29, 1.82) is 0 Å². The summed E-state index contributed by atoms with van der Waals surface area (Å²) < 4.78 is 1.48. The Hall–Kier alpha value is -2.73. The van der Waals surface area contributed by atoms with Crippen LogP contribution in [-0.2, 0) is 6.54 Å². The molecular formula is C19H22N4O2. The largest absolute Gasteiger partial charge is 0.389 e. The lowest BCUT2D eigenvalue weighted by atomic mass is 10.1. The molecule has 2 aromatic heterocycles. The van der Waals surface area contributed by atoms with Crippen LogP contribution >= 0.6 is 0 Å². The number of rotatable bonds is 5. The Morgan fingerprint density at radius 1 is 1.20 bits per heavy atom. The topological polar surface area (TPSA) is 80.0 Å². The van der Waals surface area contributed by atoms with E-state index in [0.29, 0.717) is 11.6 Å². The fraction of sp³-hybridized carbons (Fsp3) is 0.316. The zero-order valence-electron chi connectivity index (χ0n) is 14.6. The molecular weight excluding hydrogens is 316 g/mol. The zero-order chi connectivity index (χ0) is 18.0. The molecule has 0 saturated heterocycles. The van der Waals surface area contributed by atoms with Crippen molar-refractivity contribution in [2.24, 2.45) is 0 Å². The highest BCUT2D eigenvalue weighted by molar-refractivity contribution is 5.75. The lowest BCUT2D eigenvalue weighted by molar-refractivity contribution is 0.0616. The van der Waals surface area contributed by atoms with Crippen LogP contribution in [0.5, 0.6) is 0 Å². The second-order valence-electron chi connectivity index (χ2n) is 6.82. The summed E-state index contributed by atoms with van der Waals surface area (Å²) in [5, 5.41) is 14.1. The van der Waals surface area contributed by atoms with Crippen molar-refractivity contribution in [2.45, 2.75) is 39.0 Å². The van der Waals surface area contributed by atoms with Crippen molar-refractivity contribution in [3.8, 4) is 0 Å². The van der Waals surface area contributed by atoms with E-state index < -0.39 is 5.60 Å². The number of fused-ring (bicyclic) bond motifs is 1. The van der Waals surface area contributed by atoms with Gasteiger partial charge >= 0.3 is 0 Å². The molecule has 0 saturated carbocycles. The van der Waals surface area contributed by atoms with Gasteiger partial charge in [0.05, 0.1) is 18.2 Å². The average molecular weight is 338 g/mol. The second-order valence-corrected chi connectivity index (χ2v) is 6.82. The van der Waals surface area contributed by atoms with Crippen LogP contribution in [-0.4, -0.2) is 25.2 Å². The lowest BCUT2D eigenvalue weighted by Gasteiger charge is -2.20. The summed E-state index contributed by atoms with van der Waals surface area (Å²) in [6.07, 6.45) is 1.68. The van der Waals surface area contributed by atoms with Gasteiger partial charge in [0.2, 0.25) is 5.95 Å². The fourth-order valence-electron chi connectivity index (χ4n) is 2.70. The Bertz CT molecular complexity index is 930. The molecule has 0 aliphatic heterocycles. The normalized spacial score (nSPS) is 13.0. The number of hydrogen-bond donors (Lipinski definition) is 2. The SMILES string of the molecule is CC(Nc1ncc2ccc(=O)n(CC(C)(C)O)c2n1)c1ccccc1. The molecule has 2 N–H and O–H groups in total. The molecule has 0 radical (unpaired) electrons. The summed E-state index contributed by atoms with van der Waals surface area (Å²) in [5.74, 6) is 0.443. The van der Waals surface area contributed by atoms with E-state index >= 15 is 0 Å². The Morgan fingerprint density at radius 3 is 2.60 bits per heavy atom. The molecule has 0 bridgehead atoms. The number of aliphatic hydroxyl groups is 1. The van der Waals surface area contributed by atoms with Gasteiger partial charge in [0.15, 0.2) is 0 Å². The van der Waals surface area contributed by atoms with Gasteiger partial charge in [-0.3, -0.25) is 9.36 Å². The van der Waals surface area contributed by atoms with Gasteiger partial charge in [0.25, 0.3) is 5.56 Å². The van der Waals surface area contributed by atoms with Gasteiger partial charge in [0, 0.05) is 17.6 Å². The number of nitrogens with one attached hydrogen (secondary N) is 1. The minimum atomic E-state index is -1.02. The Kier molecular flexibility index (Phi) is 4.55. The molecule has 3 rings (SSSR count). The number of anilines is 1. The Morgan fingerprint density at radius 2 is 1.92 bits per heavy atom. The van der Waals surface area contributed by atoms with Crippen molar-refractivity contribution < 1.29 is 5.11 Å². The van der Waals surface area contributed by atoms with Gasteiger partial charge < -0.3 is 10.4 Å². The number of hydrogen-bond acceptors (Lipinski definition) is 5. The Labute approximate surface area is 146 Å². The van der Waals surface area contributed by atoms with Crippen LogP contribution in [0.25, 0.3) is 11.0 Å². The molecule has 3 aromatic rings. The third-order valence-corrected chi connectivity index (χ3v) is 3.91.